The fraction of sp³-hybridized carbons (Fsp3) is 0.600. The lowest BCUT2D eigenvalue weighted by Gasteiger charge is -2.14. The van der Waals surface area contributed by atoms with E-state index in [-0.39, 0.29) is 17.9 Å². The van der Waals surface area contributed by atoms with Crippen molar-refractivity contribution in [2.75, 3.05) is 6.54 Å². The molecule has 0 aromatic carbocycles. The molecule has 0 saturated heterocycles. The Kier molecular flexibility index (Phi) is 6.57. The predicted molar refractivity (Wildman–Crippen MR) is 58.4 cm³/mol. The molecule has 0 unspecified atom stereocenters. The zero-order valence-electron chi connectivity index (χ0n) is 9.16. The van der Waals surface area contributed by atoms with Crippen molar-refractivity contribution in [3.8, 4) is 0 Å². The van der Waals surface area contributed by atoms with E-state index in [2.05, 4.69) is 6.58 Å². The van der Waals surface area contributed by atoms with Gasteiger partial charge in [-0.15, -0.1) is 0 Å². The molecule has 0 aliphatic rings. The van der Waals surface area contributed by atoms with Crippen LogP contribution in [0.3, 0.4) is 0 Å². The Morgan fingerprint density at radius 1 is 1.27 bits per heavy atom. The van der Waals surface area contributed by atoms with Crippen molar-refractivity contribution in [1.82, 2.24) is 5.01 Å². The Balaban J connectivity index is 3.89. The number of amides is 2. The van der Waals surface area contributed by atoms with E-state index >= 15 is 0 Å². The number of hydrogen-bond donors (Lipinski definition) is 2. The van der Waals surface area contributed by atoms with Crippen LogP contribution in [0, 0.1) is 0 Å². The molecule has 0 aromatic heterocycles. The molecule has 5 heteroatoms. The van der Waals surface area contributed by atoms with Gasteiger partial charge in [0.05, 0.1) is 0 Å². The lowest BCUT2D eigenvalue weighted by atomic mass is 10.2. The first kappa shape index (κ1) is 13.8. The average molecular weight is 213 g/mol. The molecule has 5 nitrogen and oxygen atoms in total. The van der Waals surface area contributed by atoms with Crippen LogP contribution in [-0.2, 0) is 9.59 Å². The second-order valence-electron chi connectivity index (χ2n) is 3.45. The van der Waals surface area contributed by atoms with Crippen molar-refractivity contribution in [2.45, 2.75) is 32.6 Å². The van der Waals surface area contributed by atoms with Crippen LogP contribution in [0.5, 0.6) is 0 Å². The molecular formula is C10H19N3O2. The molecule has 0 rings (SSSR count). The van der Waals surface area contributed by atoms with Gasteiger partial charge in [-0.3, -0.25) is 9.59 Å². The minimum absolute atomic E-state index is 0.257. The normalized spacial score (nSPS) is 9.80. The van der Waals surface area contributed by atoms with Gasteiger partial charge in [-0.1, -0.05) is 13.0 Å². The van der Waals surface area contributed by atoms with Gasteiger partial charge in [0, 0.05) is 12.0 Å². The van der Waals surface area contributed by atoms with Gasteiger partial charge in [-0.2, -0.15) is 0 Å². The minimum Gasteiger partial charge on any atom is -0.330 e. The van der Waals surface area contributed by atoms with Gasteiger partial charge in [-0.05, 0) is 26.3 Å². The van der Waals surface area contributed by atoms with Gasteiger partial charge >= 0.3 is 0 Å². The number of rotatable bonds is 6. The van der Waals surface area contributed by atoms with Crippen LogP contribution >= 0.6 is 0 Å². The number of unbranched alkanes of at least 4 members (excludes halogenated alkanes) is 2. The summed E-state index contributed by atoms with van der Waals surface area (Å²) in [5.41, 5.74) is 5.56. The largest absolute Gasteiger partial charge is 0.330 e. The standard InChI is InChI=1S/C10H19N3O2/c1-8(2)10(15)13(12)9(14)6-4-3-5-7-11/h1,3-7,11-12H2,2H3. The first-order chi connectivity index (χ1) is 7.00. The number of hydrogen-bond acceptors (Lipinski definition) is 4. The first-order valence-electron chi connectivity index (χ1n) is 4.98. The predicted octanol–water partition coefficient (Wildman–Crippen LogP) is 0.311. The van der Waals surface area contributed by atoms with Crippen LogP contribution in [0.15, 0.2) is 12.2 Å². The minimum atomic E-state index is -0.529. The molecule has 0 heterocycles. The molecule has 0 bridgehead atoms. The Morgan fingerprint density at radius 3 is 2.33 bits per heavy atom. The van der Waals surface area contributed by atoms with Crippen molar-refractivity contribution in [2.24, 2.45) is 11.6 Å². The molecule has 4 N–H and O–H groups in total. The molecule has 0 fully saturated rings. The van der Waals surface area contributed by atoms with Crippen LogP contribution in [0.25, 0.3) is 0 Å². The summed E-state index contributed by atoms with van der Waals surface area (Å²) in [4.78, 5) is 22.6. The summed E-state index contributed by atoms with van der Waals surface area (Å²) < 4.78 is 0. The molecule has 0 aromatic rings. The first-order valence-corrected chi connectivity index (χ1v) is 4.98. The summed E-state index contributed by atoms with van der Waals surface area (Å²) >= 11 is 0. The highest BCUT2D eigenvalue weighted by Crippen LogP contribution is 2.03. The van der Waals surface area contributed by atoms with E-state index < -0.39 is 5.91 Å². The second kappa shape index (κ2) is 7.14. The third kappa shape index (κ3) is 5.29. The quantitative estimate of drug-likeness (QED) is 0.218. The lowest BCUT2D eigenvalue weighted by Crippen LogP contribution is -2.42. The fourth-order valence-electron chi connectivity index (χ4n) is 1.04. The van der Waals surface area contributed by atoms with Crippen molar-refractivity contribution < 1.29 is 9.59 Å². The topological polar surface area (TPSA) is 89.4 Å². The summed E-state index contributed by atoms with van der Waals surface area (Å²) in [6.07, 6.45) is 2.73. The number of imide groups is 1. The second-order valence-corrected chi connectivity index (χ2v) is 3.45. The summed E-state index contributed by atoms with van der Waals surface area (Å²) in [6.45, 7) is 5.56. The zero-order valence-corrected chi connectivity index (χ0v) is 9.16. The van der Waals surface area contributed by atoms with Gasteiger partial charge in [0.2, 0.25) is 5.91 Å². The van der Waals surface area contributed by atoms with Gasteiger partial charge < -0.3 is 5.73 Å². The zero-order chi connectivity index (χ0) is 11.8. The van der Waals surface area contributed by atoms with Crippen molar-refractivity contribution >= 4 is 11.8 Å². The molecule has 0 aliphatic heterocycles. The Bertz CT molecular complexity index is 251. The molecule has 0 spiro atoms. The summed E-state index contributed by atoms with van der Waals surface area (Å²) in [6, 6.07) is 0. The van der Waals surface area contributed by atoms with Crippen molar-refractivity contribution in [3.05, 3.63) is 12.2 Å². The maximum absolute atomic E-state index is 11.4. The lowest BCUT2D eigenvalue weighted by molar-refractivity contribution is -0.142. The monoisotopic (exact) mass is 213 g/mol. The van der Waals surface area contributed by atoms with E-state index in [0.717, 1.165) is 12.8 Å². The average Bonchev–Trinajstić information content (AvgIpc) is 2.21. The Labute approximate surface area is 90.1 Å². The molecule has 15 heavy (non-hydrogen) atoms. The number of nitrogens with zero attached hydrogens (tertiary/aromatic N) is 1. The van der Waals surface area contributed by atoms with Gasteiger partial charge in [0.1, 0.15) is 0 Å². The molecule has 86 valence electrons. The van der Waals surface area contributed by atoms with E-state index in [4.69, 9.17) is 11.6 Å². The van der Waals surface area contributed by atoms with E-state index in [1.807, 2.05) is 0 Å². The van der Waals surface area contributed by atoms with E-state index in [1.54, 1.807) is 0 Å². The van der Waals surface area contributed by atoms with Crippen LogP contribution < -0.4 is 11.6 Å². The molecule has 0 saturated carbocycles. The van der Waals surface area contributed by atoms with Crippen LogP contribution in [0.4, 0.5) is 0 Å². The SMILES string of the molecule is C=C(C)C(=O)N(N)C(=O)CCCCCN. The molecule has 0 aliphatic carbocycles. The van der Waals surface area contributed by atoms with E-state index in [9.17, 15) is 9.59 Å². The fourth-order valence-corrected chi connectivity index (χ4v) is 1.04. The molecular weight excluding hydrogens is 194 g/mol. The van der Waals surface area contributed by atoms with Gasteiger partial charge in [0.25, 0.3) is 5.91 Å². The van der Waals surface area contributed by atoms with Gasteiger partial charge in [-0.25, -0.2) is 10.9 Å². The number of carbonyl (C=O) groups is 2. The molecule has 2 amide bonds. The van der Waals surface area contributed by atoms with Crippen molar-refractivity contribution in [3.63, 3.8) is 0 Å². The van der Waals surface area contributed by atoms with E-state index in [1.165, 1.54) is 6.92 Å². The third-order valence-corrected chi connectivity index (χ3v) is 1.95. The Morgan fingerprint density at radius 2 is 1.87 bits per heavy atom. The highest BCUT2D eigenvalue weighted by atomic mass is 16.2. The molecule has 0 radical (unpaired) electrons. The van der Waals surface area contributed by atoms with Crippen LogP contribution in [0.2, 0.25) is 0 Å². The highest BCUT2D eigenvalue weighted by Gasteiger charge is 2.17. The Hall–Kier alpha value is -1.20. The molecule has 0 atom stereocenters. The number of nitrogens with two attached hydrogens (primary N) is 2. The van der Waals surface area contributed by atoms with Crippen LogP contribution in [-0.4, -0.2) is 23.4 Å². The van der Waals surface area contributed by atoms with Gasteiger partial charge in [0.15, 0.2) is 0 Å². The maximum atomic E-state index is 11.4. The number of carbonyl (C=O) groups excluding carboxylic acids is 2. The van der Waals surface area contributed by atoms with Crippen molar-refractivity contribution in [1.29, 1.82) is 0 Å². The smallest absolute Gasteiger partial charge is 0.269 e. The maximum Gasteiger partial charge on any atom is 0.269 e. The van der Waals surface area contributed by atoms with E-state index in [0.29, 0.717) is 18.0 Å². The summed E-state index contributed by atoms with van der Waals surface area (Å²) in [5, 5.41) is 0.630. The highest BCUT2D eigenvalue weighted by molar-refractivity contribution is 6.02. The van der Waals surface area contributed by atoms with Crippen LogP contribution in [0.1, 0.15) is 32.6 Å². The number of hydrazine groups is 1. The summed E-state index contributed by atoms with van der Waals surface area (Å²) in [5.74, 6) is 4.42. The third-order valence-electron chi connectivity index (χ3n) is 1.95. The summed E-state index contributed by atoms with van der Waals surface area (Å²) in [7, 11) is 0.